The van der Waals surface area contributed by atoms with E-state index in [4.69, 9.17) is 4.98 Å². The van der Waals surface area contributed by atoms with E-state index in [1.165, 1.54) is 11.1 Å². The summed E-state index contributed by atoms with van der Waals surface area (Å²) in [5, 5.41) is 11.8. The predicted octanol–water partition coefficient (Wildman–Crippen LogP) is 2.88. The van der Waals surface area contributed by atoms with Crippen molar-refractivity contribution in [2.24, 2.45) is 0 Å². The van der Waals surface area contributed by atoms with Crippen LogP contribution in [0, 0.1) is 0 Å². The highest BCUT2D eigenvalue weighted by Gasteiger charge is 2.18. The summed E-state index contributed by atoms with van der Waals surface area (Å²) < 4.78 is 0. The molecule has 0 unspecified atom stereocenters. The highest BCUT2D eigenvalue weighted by atomic mass is 15.3. The smallest absolute Gasteiger partial charge is 0.249 e. The Morgan fingerprint density at radius 1 is 1.00 bits per heavy atom. The molecule has 0 bridgehead atoms. The van der Waals surface area contributed by atoms with Crippen LogP contribution in [0.1, 0.15) is 31.9 Å². The van der Waals surface area contributed by atoms with Crippen molar-refractivity contribution in [1.82, 2.24) is 20.1 Å². The summed E-state index contributed by atoms with van der Waals surface area (Å²) in [6.07, 6.45) is 3.71. The molecule has 0 aliphatic carbocycles. The Morgan fingerprint density at radius 3 is 2.28 bits per heavy atom. The van der Waals surface area contributed by atoms with Gasteiger partial charge in [0.05, 0.1) is 6.20 Å². The van der Waals surface area contributed by atoms with Crippen LogP contribution in [0.25, 0.3) is 0 Å². The first-order chi connectivity index (χ1) is 12.2. The van der Waals surface area contributed by atoms with E-state index in [1.807, 2.05) is 0 Å². The van der Waals surface area contributed by atoms with Crippen LogP contribution in [0.15, 0.2) is 24.4 Å². The minimum absolute atomic E-state index is 0.575. The van der Waals surface area contributed by atoms with Crippen LogP contribution >= 0.6 is 0 Å². The number of aromatic nitrogens is 3. The van der Waals surface area contributed by atoms with Crippen LogP contribution in [0.5, 0.6) is 0 Å². The molecule has 0 radical (unpaired) electrons. The first-order valence-electron chi connectivity index (χ1n) is 9.29. The lowest BCUT2D eigenvalue weighted by atomic mass is 10.0. The van der Waals surface area contributed by atoms with Gasteiger partial charge in [0.2, 0.25) is 5.95 Å². The lowest BCUT2D eigenvalue weighted by Crippen LogP contribution is -2.46. The molecule has 1 N–H and O–H groups in total. The maximum Gasteiger partial charge on any atom is 0.249 e. The van der Waals surface area contributed by atoms with Crippen LogP contribution < -0.4 is 10.2 Å². The quantitative estimate of drug-likeness (QED) is 0.873. The molecule has 1 fully saturated rings. The van der Waals surface area contributed by atoms with Crippen molar-refractivity contribution in [3.05, 3.63) is 35.5 Å². The highest BCUT2D eigenvalue weighted by Crippen LogP contribution is 2.25. The van der Waals surface area contributed by atoms with Gasteiger partial charge in [0.15, 0.2) is 5.82 Å². The fourth-order valence-electron chi connectivity index (χ4n) is 3.31. The van der Waals surface area contributed by atoms with Gasteiger partial charge in [-0.1, -0.05) is 39.0 Å². The van der Waals surface area contributed by atoms with Crippen LogP contribution in [0.2, 0.25) is 0 Å². The van der Waals surface area contributed by atoms with Gasteiger partial charge >= 0.3 is 0 Å². The van der Waals surface area contributed by atoms with Crippen LogP contribution in [0.4, 0.5) is 17.5 Å². The molecule has 0 atom stereocenters. The molecule has 1 aromatic heterocycles. The molecule has 0 amide bonds. The largest absolute Gasteiger partial charge is 0.353 e. The summed E-state index contributed by atoms with van der Waals surface area (Å²) in [7, 11) is 0. The molecule has 134 valence electrons. The Labute approximate surface area is 150 Å². The van der Waals surface area contributed by atoms with Crippen molar-refractivity contribution in [2.75, 3.05) is 42.9 Å². The van der Waals surface area contributed by atoms with Crippen LogP contribution in [0.3, 0.4) is 0 Å². The molecule has 6 nitrogen and oxygen atoms in total. The third kappa shape index (κ3) is 4.07. The van der Waals surface area contributed by atoms with Crippen molar-refractivity contribution in [3.63, 3.8) is 0 Å². The van der Waals surface area contributed by atoms with Gasteiger partial charge in [-0.15, -0.1) is 5.10 Å². The Morgan fingerprint density at radius 2 is 1.68 bits per heavy atom. The standard InChI is InChI=1S/C19H28N6/c1-4-15-8-7-9-16(5-2)18(15)22-19-21-17(14-20-23-19)25-12-10-24(6-3)11-13-25/h7-9,14H,4-6,10-13H2,1-3H3,(H,21,22,23). The van der Waals surface area contributed by atoms with Crippen LogP contribution in [-0.2, 0) is 12.8 Å². The Balaban J connectivity index is 1.79. The minimum atomic E-state index is 0.575. The number of likely N-dealkylation sites (N-methyl/N-ethyl adjacent to an activating group) is 1. The molecule has 0 saturated carbocycles. The zero-order chi connectivity index (χ0) is 17.6. The zero-order valence-electron chi connectivity index (χ0n) is 15.5. The maximum absolute atomic E-state index is 4.72. The Hall–Kier alpha value is -2.21. The second kappa shape index (κ2) is 8.25. The molecular weight excluding hydrogens is 312 g/mol. The number of anilines is 3. The number of hydrogen-bond donors (Lipinski definition) is 1. The van der Waals surface area contributed by atoms with Crippen molar-refractivity contribution >= 4 is 17.5 Å². The lowest BCUT2D eigenvalue weighted by molar-refractivity contribution is 0.270. The normalized spacial score (nSPS) is 15.4. The van der Waals surface area contributed by atoms with Crippen molar-refractivity contribution < 1.29 is 0 Å². The van der Waals surface area contributed by atoms with Gasteiger partial charge in [0.1, 0.15) is 0 Å². The number of rotatable bonds is 6. The Bertz CT molecular complexity index is 672. The number of aryl methyl sites for hydroxylation is 2. The molecule has 1 aliphatic rings. The molecule has 2 heterocycles. The van der Waals surface area contributed by atoms with Gasteiger partial charge in [-0.25, -0.2) is 0 Å². The number of nitrogens with zero attached hydrogens (tertiary/aromatic N) is 5. The molecule has 3 rings (SSSR count). The average molecular weight is 340 g/mol. The maximum atomic E-state index is 4.72. The topological polar surface area (TPSA) is 57.2 Å². The summed E-state index contributed by atoms with van der Waals surface area (Å²) in [5.74, 6) is 1.48. The monoisotopic (exact) mass is 340 g/mol. The molecule has 2 aromatic rings. The van der Waals surface area contributed by atoms with Crippen LogP contribution in [-0.4, -0.2) is 52.8 Å². The molecule has 6 heteroatoms. The van der Waals surface area contributed by atoms with Gasteiger partial charge in [-0.05, 0) is 30.5 Å². The highest BCUT2D eigenvalue weighted by molar-refractivity contribution is 5.64. The molecule has 1 saturated heterocycles. The third-order valence-corrected chi connectivity index (χ3v) is 4.93. The van der Waals surface area contributed by atoms with E-state index >= 15 is 0 Å². The zero-order valence-corrected chi connectivity index (χ0v) is 15.5. The molecule has 1 aliphatic heterocycles. The number of piperazine rings is 1. The van der Waals surface area contributed by atoms with E-state index in [-0.39, 0.29) is 0 Å². The fourth-order valence-corrected chi connectivity index (χ4v) is 3.31. The Kier molecular flexibility index (Phi) is 5.81. The summed E-state index contributed by atoms with van der Waals surface area (Å²) in [4.78, 5) is 9.46. The predicted molar refractivity (Wildman–Crippen MR) is 103 cm³/mol. The van der Waals surface area contributed by atoms with Gasteiger partial charge in [-0.3, -0.25) is 0 Å². The molecular formula is C19H28N6. The number of para-hydroxylation sites is 1. The molecule has 0 spiro atoms. The van der Waals surface area contributed by atoms with Gasteiger partial charge in [0.25, 0.3) is 0 Å². The van der Waals surface area contributed by atoms with E-state index in [9.17, 15) is 0 Å². The van der Waals surface area contributed by atoms with Crippen molar-refractivity contribution in [2.45, 2.75) is 33.6 Å². The first kappa shape index (κ1) is 17.6. The summed E-state index contributed by atoms with van der Waals surface area (Å²) in [6, 6.07) is 6.43. The van der Waals surface area contributed by atoms with Gasteiger partial charge in [-0.2, -0.15) is 10.1 Å². The van der Waals surface area contributed by atoms with E-state index in [1.54, 1.807) is 6.20 Å². The SMILES string of the molecule is CCc1cccc(CC)c1Nc1nncc(N2CCN(CC)CC2)n1. The summed E-state index contributed by atoms with van der Waals surface area (Å²) >= 11 is 0. The van der Waals surface area contributed by atoms with E-state index in [0.29, 0.717) is 5.95 Å². The van der Waals surface area contributed by atoms with Gasteiger partial charge in [0, 0.05) is 31.9 Å². The molecule has 25 heavy (non-hydrogen) atoms. The fraction of sp³-hybridized carbons (Fsp3) is 0.526. The second-order valence-corrected chi connectivity index (χ2v) is 6.34. The third-order valence-electron chi connectivity index (χ3n) is 4.93. The van der Waals surface area contributed by atoms with Gasteiger partial charge < -0.3 is 15.1 Å². The number of hydrogen-bond acceptors (Lipinski definition) is 6. The second-order valence-electron chi connectivity index (χ2n) is 6.34. The van der Waals surface area contributed by atoms with E-state index < -0.39 is 0 Å². The van der Waals surface area contributed by atoms with E-state index in [0.717, 1.165) is 57.1 Å². The number of nitrogens with one attached hydrogen (secondary N) is 1. The average Bonchev–Trinajstić information content (AvgIpc) is 2.68. The number of benzene rings is 1. The summed E-state index contributed by atoms with van der Waals surface area (Å²) in [5.41, 5.74) is 3.69. The minimum Gasteiger partial charge on any atom is -0.353 e. The first-order valence-corrected chi connectivity index (χ1v) is 9.29. The molecule has 1 aromatic carbocycles. The van der Waals surface area contributed by atoms with Crippen molar-refractivity contribution in [1.29, 1.82) is 0 Å². The van der Waals surface area contributed by atoms with Crippen molar-refractivity contribution in [3.8, 4) is 0 Å². The van der Waals surface area contributed by atoms with E-state index in [2.05, 4.69) is 64.3 Å². The lowest BCUT2D eigenvalue weighted by Gasteiger charge is -2.34. The summed E-state index contributed by atoms with van der Waals surface area (Å²) in [6.45, 7) is 11.8.